The molecule has 0 radical (unpaired) electrons. The smallest absolute Gasteiger partial charge is 0.261 e. The first-order chi connectivity index (χ1) is 15.0. The van der Waals surface area contributed by atoms with E-state index in [1.807, 2.05) is 0 Å². The molecule has 0 N–H and O–H groups in total. The molecule has 2 aliphatic rings. The Hall–Kier alpha value is -4.00. The maximum absolute atomic E-state index is 13.7. The van der Waals surface area contributed by atoms with Gasteiger partial charge in [-0.15, -0.1) is 0 Å². The van der Waals surface area contributed by atoms with Gasteiger partial charge in [0.2, 0.25) is 6.79 Å². The number of hydrogen-bond acceptors (Lipinski definition) is 4. The second kappa shape index (κ2) is 7.36. The lowest BCUT2D eigenvalue weighted by molar-refractivity contribution is -0.123. The second-order valence-electron chi connectivity index (χ2n) is 7.16. The third kappa shape index (κ3) is 3.34. The summed E-state index contributed by atoms with van der Waals surface area (Å²) in [4.78, 5) is 27.5. The number of carbonyl (C=O) groups is 2. The summed E-state index contributed by atoms with van der Waals surface area (Å²) in [5.74, 6) is -1.79. The molecule has 0 spiro atoms. The van der Waals surface area contributed by atoms with Crippen molar-refractivity contribution in [2.24, 2.45) is 0 Å². The van der Waals surface area contributed by atoms with Crippen molar-refractivity contribution < 1.29 is 27.8 Å². The van der Waals surface area contributed by atoms with Crippen LogP contribution in [0.3, 0.4) is 0 Å². The average Bonchev–Trinajstić information content (AvgIpc) is 3.24. The molecule has 0 bridgehead atoms. The Balaban J connectivity index is 1.56. The van der Waals surface area contributed by atoms with Gasteiger partial charge >= 0.3 is 0 Å². The molecule has 0 saturated carbocycles. The topological polar surface area (TPSA) is 55.8 Å². The number of nitrogens with zero attached hydrogens (tertiary/aromatic N) is 1. The summed E-state index contributed by atoms with van der Waals surface area (Å²) in [7, 11) is 0. The van der Waals surface area contributed by atoms with Crippen LogP contribution >= 0.6 is 0 Å². The van der Waals surface area contributed by atoms with Crippen molar-refractivity contribution in [3.8, 4) is 11.5 Å². The number of ether oxygens (including phenoxy) is 2. The normalized spacial score (nSPS) is 16.1. The molecule has 0 aliphatic carbocycles. The summed E-state index contributed by atoms with van der Waals surface area (Å²) in [6.07, 6.45) is 1.46. The van der Waals surface area contributed by atoms with Crippen LogP contribution in [-0.4, -0.2) is 23.5 Å². The Morgan fingerprint density at radius 1 is 0.839 bits per heavy atom. The fourth-order valence-electron chi connectivity index (χ4n) is 3.68. The lowest BCUT2D eigenvalue weighted by Gasteiger charge is -2.28. The molecule has 3 aromatic carbocycles. The monoisotopic (exact) mass is 419 g/mol. The lowest BCUT2D eigenvalue weighted by Crippen LogP contribution is -2.41. The molecule has 2 amide bonds. The Bertz CT molecular complexity index is 1270. The van der Waals surface area contributed by atoms with Gasteiger partial charge < -0.3 is 9.47 Å². The minimum Gasteiger partial charge on any atom is -0.454 e. The largest absolute Gasteiger partial charge is 0.454 e. The number of imide groups is 1. The zero-order valence-electron chi connectivity index (χ0n) is 16.1. The highest BCUT2D eigenvalue weighted by atomic mass is 19.2. The summed E-state index contributed by atoms with van der Waals surface area (Å²) >= 11 is 0. The van der Waals surface area contributed by atoms with Crippen LogP contribution in [0.2, 0.25) is 0 Å². The van der Waals surface area contributed by atoms with Gasteiger partial charge in [-0.3, -0.25) is 14.5 Å². The highest BCUT2D eigenvalue weighted by Gasteiger charge is 2.34. The molecule has 0 saturated heterocycles. The summed E-state index contributed by atoms with van der Waals surface area (Å²) < 4.78 is 37.7. The van der Waals surface area contributed by atoms with E-state index >= 15 is 0 Å². The fraction of sp³-hybridized carbons (Fsp3) is 0.0833. The molecule has 0 atom stereocenters. The van der Waals surface area contributed by atoms with Crippen molar-refractivity contribution in [2.75, 3.05) is 6.79 Å². The number of halogens is 2. The molecule has 0 aromatic heterocycles. The van der Waals surface area contributed by atoms with Crippen LogP contribution < -0.4 is 9.47 Å². The van der Waals surface area contributed by atoms with E-state index in [2.05, 4.69) is 0 Å². The molecule has 2 aliphatic heterocycles. The van der Waals surface area contributed by atoms with E-state index in [9.17, 15) is 18.4 Å². The van der Waals surface area contributed by atoms with Crippen LogP contribution in [0.25, 0.3) is 11.6 Å². The highest BCUT2D eigenvalue weighted by molar-refractivity contribution is 6.33. The van der Waals surface area contributed by atoms with Gasteiger partial charge in [0.1, 0.15) is 0 Å². The second-order valence-corrected chi connectivity index (χ2v) is 7.16. The van der Waals surface area contributed by atoms with Crippen LogP contribution in [-0.2, 0) is 11.3 Å². The molecule has 5 nitrogen and oxygen atoms in total. The quantitative estimate of drug-likeness (QED) is 0.466. The summed E-state index contributed by atoms with van der Waals surface area (Å²) in [6, 6.07) is 15.3. The molecule has 3 aromatic rings. The van der Waals surface area contributed by atoms with Crippen LogP contribution in [0, 0.1) is 11.6 Å². The number of fused-ring (bicyclic) bond motifs is 2. The van der Waals surface area contributed by atoms with Crippen molar-refractivity contribution in [3.63, 3.8) is 0 Å². The number of carbonyl (C=O) groups excluding carboxylic acids is 2. The van der Waals surface area contributed by atoms with Gasteiger partial charge in [0.25, 0.3) is 11.8 Å². The predicted octanol–water partition coefficient (Wildman–Crippen LogP) is 4.42. The first-order valence-corrected chi connectivity index (χ1v) is 9.52. The van der Waals surface area contributed by atoms with Crippen molar-refractivity contribution in [1.29, 1.82) is 0 Å². The van der Waals surface area contributed by atoms with Crippen LogP contribution in [0.1, 0.15) is 27.0 Å². The predicted molar refractivity (Wildman–Crippen MR) is 108 cm³/mol. The van der Waals surface area contributed by atoms with Gasteiger partial charge in [-0.1, -0.05) is 30.3 Å². The van der Waals surface area contributed by atoms with Gasteiger partial charge in [0, 0.05) is 11.1 Å². The third-order valence-corrected chi connectivity index (χ3v) is 5.20. The van der Waals surface area contributed by atoms with Crippen molar-refractivity contribution >= 4 is 23.5 Å². The van der Waals surface area contributed by atoms with Crippen LogP contribution in [0.5, 0.6) is 11.5 Å². The maximum Gasteiger partial charge on any atom is 0.261 e. The Morgan fingerprint density at radius 3 is 2.42 bits per heavy atom. The Kier molecular flexibility index (Phi) is 4.51. The van der Waals surface area contributed by atoms with E-state index in [4.69, 9.17) is 9.47 Å². The summed E-state index contributed by atoms with van der Waals surface area (Å²) in [6.45, 7) is 0.145. The van der Waals surface area contributed by atoms with Gasteiger partial charge in [-0.25, -0.2) is 8.78 Å². The first kappa shape index (κ1) is 19.0. The molecule has 7 heteroatoms. The molecule has 154 valence electrons. The van der Waals surface area contributed by atoms with Gasteiger partial charge in [0.05, 0.1) is 6.54 Å². The average molecular weight is 419 g/mol. The molecular formula is C24H15F2NO4. The number of hydrogen-bond donors (Lipinski definition) is 0. The molecule has 2 heterocycles. The van der Waals surface area contributed by atoms with Gasteiger partial charge in [-0.2, -0.15) is 0 Å². The Labute approximate surface area is 176 Å². The fourth-order valence-corrected chi connectivity index (χ4v) is 3.68. The minimum atomic E-state index is -1.01. The summed E-state index contributed by atoms with van der Waals surface area (Å²) in [5, 5.41) is 0. The highest BCUT2D eigenvalue weighted by Crippen LogP contribution is 2.35. The Morgan fingerprint density at radius 2 is 1.61 bits per heavy atom. The maximum atomic E-state index is 13.7. The number of rotatable bonds is 3. The minimum absolute atomic E-state index is 0.0256. The van der Waals surface area contributed by atoms with Crippen molar-refractivity contribution in [1.82, 2.24) is 4.90 Å². The van der Waals surface area contributed by atoms with Crippen molar-refractivity contribution in [2.45, 2.75) is 6.54 Å². The summed E-state index contributed by atoms with van der Waals surface area (Å²) in [5.41, 5.74) is 2.04. The van der Waals surface area contributed by atoms with E-state index in [0.29, 0.717) is 33.8 Å². The van der Waals surface area contributed by atoms with E-state index < -0.39 is 23.4 Å². The van der Waals surface area contributed by atoms with E-state index in [1.54, 1.807) is 42.5 Å². The third-order valence-electron chi connectivity index (χ3n) is 5.20. The van der Waals surface area contributed by atoms with Crippen LogP contribution in [0.15, 0.2) is 60.7 Å². The van der Waals surface area contributed by atoms with E-state index in [-0.39, 0.29) is 18.9 Å². The SMILES string of the molecule is O=C1/C(=C/c2ccc(F)c(F)c2)c2ccccc2C(=O)N1Cc1ccc2c(c1)OCO2. The first-order valence-electron chi connectivity index (χ1n) is 9.52. The standard InChI is InChI=1S/C24H15F2NO4/c25-19-7-5-14(10-20(19)26)9-18-16-3-1-2-4-17(16)23(28)27(24(18)29)12-15-6-8-21-22(11-15)31-13-30-21/h1-11H,12-13H2/b18-9+. The molecule has 0 unspecified atom stereocenters. The van der Waals surface area contributed by atoms with Gasteiger partial charge in [-0.05, 0) is 53.1 Å². The van der Waals surface area contributed by atoms with Gasteiger partial charge in [0.15, 0.2) is 23.1 Å². The molecule has 31 heavy (non-hydrogen) atoms. The zero-order chi connectivity index (χ0) is 21.5. The van der Waals surface area contributed by atoms with E-state index in [1.165, 1.54) is 12.1 Å². The van der Waals surface area contributed by atoms with Crippen LogP contribution in [0.4, 0.5) is 8.78 Å². The molecule has 0 fully saturated rings. The lowest BCUT2D eigenvalue weighted by atomic mass is 9.91. The molecular weight excluding hydrogens is 404 g/mol. The number of benzene rings is 3. The zero-order valence-corrected chi connectivity index (χ0v) is 16.1. The molecule has 5 rings (SSSR count). The van der Waals surface area contributed by atoms with Crippen molar-refractivity contribution in [3.05, 3.63) is 94.6 Å². The number of amides is 2. The van der Waals surface area contributed by atoms with E-state index in [0.717, 1.165) is 17.0 Å².